The topological polar surface area (TPSA) is 58.6 Å². The number of hydrogen-bond donors (Lipinski definition) is 1. The Morgan fingerprint density at radius 1 is 1.18 bits per heavy atom. The smallest absolute Gasteiger partial charge is 0.223 e. The summed E-state index contributed by atoms with van der Waals surface area (Å²) in [6.07, 6.45) is 2.33. The van der Waals surface area contributed by atoms with Crippen molar-refractivity contribution in [2.24, 2.45) is 0 Å². The van der Waals surface area contributed by atoms with Gasteiger partial charge in [0, 0.05) is 32.0 Å². The third kappa shape index (κ3) is 5.12. The van der Waals surface area contributed by atoms with E-state index in [2.05, 4.69) is 17.4 Å². The molecular weight excluding hydrogens is 352 g/mol. The van der Waals surface area contributed by atoms with E-state index in [0.717, 1.165) is 23.3 Å². The Hall–Kier alpha value is -2.82. The fraction of sp³-hybridized carbons (Fsp3) is 0.391. The van der Waals surface area contributed by atoms with Gasteiger partial charge in [-0.1, -0.05) is 48.0 Å². The highest BCUT2D eigenvalue weighted by molar-refractivity contribution is 5.82. The van der Waals surface area contributed by atoms with Crippen LogP contribution in [0.5, 0.6) is 5.75 Å². The monoisotopic (exact) mass is 380 g/mol. The maximum absolute atomic E-state index is 12.4. The lowest BCUT2D eigenvalue weighted by atomic mass is 10.1. The summed E-state index contributed by atoms with van der Waals surface area (Å²) in [6.45, 7) is 3.17. The molecule has 1 heterocycles. The standard InChI is InChI=1S/C23H28N2O3/c1-17-7-9-18(10-8-17)16-25-20(11-12-23(25)27)15-22(26)24-14-13-19-5-3-4-6-21(19)28-2/h3-10,20H,11-16H2,1-2H3,(H,24,26). The number of likely N-dealkylation sites (tertiary alicyclic amines) is 1. The number of carbonyl (C=O) groups is 2. The Balaban J connectivity index is 1.50. The lowest BCUT2D eigenvalue weighted by Gasteiger charge is -2.24. The van der Waals surface area contributed by atoms with Gasteiger partial charge in [0.05, 0.1) is 7.11 Å². The van der Waals surface area contributed by atoms with Crippen molar-refractivity contribution in [1.82, 2.24) is 10.2 Å². The summed E-state index contributed by atoms with van der Waals surface area (Å²) in [5.41, 5.74) is 3.37. The summed E-state index contributed by atoms with van der Waals surface area (Å²) in [7, 11) is 1.65. The third-order valence-electron chi connectivity index (χ3n) is 5.26. The van der Waals surface area contributed by atoms with Crippen molar-refractivity contribution in [1.29, 1.82) is 0 Å². The predicted octanol–water partition coefficient (Wildman–Crippen LogP) is 3.24. The normalized spacial score (nSPS) is 16.3. The van der Waals surface area contributed by atoms with Gasteiger partial charge in [0.15, 0.2) is 0 Å². The van der Waals surface area contributed by atoms with Gasteiger partial charge in [-0.05, 0) is 37.0 Å². The highest BCUT2D eigenvalue weighted by Crippen LogP contribution is 2.24. The molecule has 0 spiro atoms. The van der Waals surface area contributed by atoms with E-state index < -0.39 is 0 Å². The summed E-state index contributed by atoms with van der Waals surface area (Å²) >= 11 is 0. The minimum Gasteiger partial charge on any atom is -0.496 e. The number of benzene rings is 2. The molecule has 0 saturated carbocycles. The molecule has 28 heavy (non-hydrogen) atoms. The quantitative estimate of drug-likeness (QED) is 0.765. The van der Waals surface area contributed by atoms with Gasteiger partial charge in [0.25, 0.3) is 0 Å². The minimum atomic E-state index is -0.0277. The van der Waals surface area contributed by atoms with Gasteiger partial charge in [-0.2, -0.15) is 0 Å². The number of nitrogens with zero attached hydrogens (tertiary/aromatic N) is 1. The van der Waals surface area contributed by atoms with Crippen molar-refractivity contribution in [3.05, 3.63) is 65.2 Å². The molecule has 1 N–H and O–H groups in total. The zero-order chi connectivity index (χ0) is 19.9. The maximum Gasteiger partial charge on any atom is 0.223 e. The van der Waals surface area contributed by atoms with E-state index in [1.807, 2.05) is 48.2 Å². The van der Waals surface area contributed by atoms with Crippen LogP contribution in [0.1, 0.15) is 36.0 Å². The number of ether oxygens (including phenoxy) is 1. The number of carbonyl (C=O) groups excluding carboxylic acids is 2. The number of nitrogens with one attached hydrogen (secondary N) is 1. The van der Waals surface area contributed by atoms with Gasteiger partial charge in [-0.25, -0.2) is 0 Å². The van der Waals surface area contributed by atoms with E-state index in [1.54, 1.807) is 7.11 Å². The molecule has 2 aromatic rings. The maximum atomic E-state index is 12.4. The fourth-order valence-corrected chi connectivity index (χ4v) is 3.65. The molecule has 0 aliphatic carbocycles. The molecule has 1 aliphatic heterocycles. The van der Waals surface area contributed by atoms with Crippen molar-refractivity contribution >= 4 is 11.8 Å². The first-order valence-electron chi connectivity index (χ1n) is 9.80. The van der Waals surface area contributed by atoms with Gasteiger partial charge >= 0.3 is 0 Å². The van der Waals surface area contributed by atoms with E-state index in [4.69, 9.17) is 4.74 Å². The SMILES string of the molecule is COc1ccccc1CCNC(=O)CC1CCC(=O)N1Cc1ccc(C)cc1. The summed E-state index contributed by atoms with van der Waals surface area (Å²) in [5.74, 6) is 0.957. The van der Waals surface area contributed by atoms with Gasteiger partial charge in [-0.15, -0.1) is 0 Å². The van der Waals surface area contributed by atoms with Gasteiger partial charge in [0.1, 0.15) is 5.75 Å². The summed E-state index contributed by atoms with van der Waals surface area (Å²) in [5, 5.41) is 2.98. The first kappa shape index (κ1) is 19.9. The number of amides is 2. The number of para-hydroxylation sites is 1. The van der Waals surface area contributed by atoms with E-state index >= 15 is 0 Å². The first-order valence-corrected chi connectivity index (χ1v) is 9.80. The number of aryl methyl sites for hydroxylation is 1. The third-order valence-corrected chi connectivity index (χ3v) is 5.26. The Kier molecular flexibility index (Phi) is 6.69. The first-order chi connectivity index (χ1) is 13.6. The molecule has 3 rings (SSSR count). The number of methoxy groups -OCH3 is 1. The molecule has 1 atom stereocenters. The van der Waals surface area contributed by atoms with Crippen molar-refractivity contribution in [3.63, 3.8) is 0 Å². The zero-order valence-corrected chi connectivity index (χ0v) is 16.6. The molecule has 5 heteroatoms. The summed E-state index contributed by atoms with van der Waals surface area (Å²) in [6, 6.07) is 16.0. The van der Waals surface area contributed by atoms with Crippen LogP contribution in [0.15, 0.2) is 48.5 Å². The minimum absolute atomic E-state index is 0.0106. The number of rotatable bonds is 8. The van der Waals surface area contributed by atoms with Crippen molar-refractivity contribution in [2.45, 2.75) is 45.2 Å². The molecule has 1 unspecified atom stereocenters. The lowest BCUT2D eigenvalue weighted by Crippen LogP contribution is -2.37. The van der Waals surface area contributed by atoms with Gasteiger partial charge < -0.3 is 15.0 Å². The van der Waals surface area contributed by atoms with E-state index in [0.29, 0.717) is 32.4 Å². The second-order valence-corrected chi connectivity index (χ2v) is 7.32. The molecule has 0 aromatic heterocycles. The predicted molar refractivity (Wildman–Crippen MR) is 109 cm³/mol. The highest BCUT2D eigenvalue weighted by atomic mass is 16.5. The van der Waals surface area contributed by atoms with Crippen LogP contribution in [0, 0.1) is 6.92 Å². The fourth-order valence-electron chi connectivity index (χ4n) is 3.65. The molecule has 2 amide bonds. The molecule has 1 saturated heterocycles. The molecule has 1 fully saturated rings. The van der Waals surface area contributed by atoms with Crippen LogP contribution < -0.4 is 10.1 Å². The van der Waals surface area contributed by atoms with Crippen LogP contribution >= 0.6 is 0 Å². The second-order valence-electron chi connectivity index (χ2n) is 7.32. The second kappa shape index (κ2) is 9.40. The molecular formula is C23H28N2O3. The molecule has 0 bridgehead atoms. The lowest BCUT2D eigenvalue weighted by molar-refractivity contribution is -0.130. The average molecular weight is 380 g/mol. The molecule has 0 radical (unpaired) electrons. The van der Waals surface area contributed by atoms with Crippen molar-refractivity contribution in [3.8, 4) is 5.75 Å². The molecule has 2 aromatic carbocycles. The van der Waals surface area contributed by atoms with Crippen LogP contribution in [-0.2, 0) is 22.6 Å². The Morgan fingerprint density at radius 3 is 2.68 bits per heavy atom. The molecule has 1 aliphatic rings. The number of hydrogen-bond acceptors (Lipinski definition) is 3. The van der Waals surface area contributed by atoms with Gasteiger partial charge in [0.2, 0.25) is 11.8 Å². The van der Waals surface area contributed by atoms with E-state index in [-0.39, 0.29) is 17.9 Å². The van der Waals surface area contributed by atoms with Gasteiger partial charge in [-0.3, -0.25) is 9.59 Å². The van der Waals surface area contributed by atoms with Crippen LogP contribution in [-0.4, -0.2) is 36.4 Å². The largest absolute Gasteiger partial charge is 0.496 e. The highest BCUT2D eigenvalue weighted by Gasteiger charge is 2.32. The van der Waals surface area contributed by atoms with Crippen LogP contribution in [0.4, 0.5) is 0 Å². The van der Waals surface area contributed by atoms with E-state index in [9.17, 15) is 9.59 Å². The zero-order valence-electron chi connectivity index (χ0n) is 16.6. The Labute approximate surface area is 166 Å². The average Bonchev–Trinajstić information content (AvgIpc) is 3.03. The van der Waals surface area contributed by atoms with Crippen LogP contribution in [0.3, 0.4) is 0 Å². The van der Waals surface area contributed by atoms with Crippen LogP contribution in [0.2, 0.25) is 0 Å². The Bertz CT molecular complexity index is 817. The van der Waals surface area contributed by atoms with Crippen molar-refractivity contribution in [2.75, 3.05) is 13.7 Å². The summed E-state index contributed by atoms with van der Waals surface area (Å²) in [4.78, 5) is 26.6. The van der Waals surface area contributed by atoms with Crippen LogP contribution in [0.25, 0.3) is 0 Å². The summed E-state index contributed by atoms with van der Waals surface area (Å²) < 4.78 is 5.34. The molecule has 148 valence electrons. The van der Waals surface area contributed by atoms with Crippen molar-refractivity contribution < 1.29 is 14.3 Å². The Morgan fingerprint density at radius 2 is 1.93 bits per heavy atom. The van der Waals surface area contributed by atoms with E-state index in [1.165, 1.54) is 5.56 Å². The molecule has 5 nitrogen and oxygen atoms in total.